The minimum atomic E-state index is -5.57. The maximum atomic E-state index is 12.1. The number of halogens is 3. The Hall–Kier alpha value is -1.05. The zero-order valence-electron chi connectivity index (χ0n) is 17.6. The summed E-state index contributed by atoms with van der Waals surface area (Å²) in [6.07, 6.45) is 19.9. The molecule has 0 radical (unpaired) electrons. The molecule has 4 nitrogen and oxygen atoms in total. The third kappa shape index (κ3) is 16.4. The smallest absolute Gasteiger partial charge is 0.274 e. The van der Waals surface area contributed by atoms with Gasteiger partial charge in [0.25, 0.3) is 0 Å². The summed E-state index contributed by atoms with van der Waals surface area (Å²) >= 11 is 0. The minimum absolute atomic E-state index is 0.205. The fourth-order valence-electron chi connectivity index (χ4n) is 3.13. The second-order valence-electron chi connectivity index (χ2n) is 7.61. The molecule has 1 N–H and O–H groups in total. The number of allylic oxidation sites excluding steroid dienone is 1. The Kier molecular flexibility index (Phi) is 16.1. The normalized spacial score (nSPS) is 12.1. The number of hydrogen-bond donors (Lipinski definition) is 1. The summed E-state index contributed by atoms with van der Waals surface area (Å²) in [7, 11) is -5.57. The molecule has 0 saturated heterocycles. The molecule has 0 aliphatic heterocycles. The highest BCUT2D eigenvalue weighted by Crippen LogP contribution is 2.21. The second kappa shape index (κ2) is 16.7. The van der Waals surface area contributed by atoms with E-state index in [1.165, 1.54) is 64.2 Å². The van der Waals surface area contributed by atoms with Crippen LogP contribution in [-0.4, -0.2) is 19.8 Å². The Bertz CT molecular complexity index is 534. The molecule has 0 fully saturated rings. The molecule has 0 aromatic rings. The van der Waals surface area contributed by atoms with E-state index in [1.807, 2.05) is 6.08 Å². The summed E-state index contributed by atoms with van der Waals surface area (Å²) in [5.41, 5.74) is -5.45. The Labute approximate surface area is 174 Å². The standard InChI is InChI=1S/C21H38F3NO3S/c1-2-3-4-5-6-7-8-9-10-11-12-13-14-15-16-17-18-19-20(26)25-29(27,28)21(22,23)24/h2H,1,3-19H2,(H,25,26). The Balaban J connectivity index is 3.36. The van der Waals surface area contributed by atoms with E-state index in [4.69, 9.17) is 0 Å². The average Bonchev–Trinajstić information content (AvgIpc) is 2.63. The predicted molar refractivity (Wildman–Crippen MR) is 112 cm³/mol. The summed E-state index contributed by atoms with van der Waals surface area (Å²) in [4.78, 5) is 11.3. The molecule has 0 bridgehead atoms. The van der Waals surface area contributed by atoms with E-state index in [9.17, 15) is 26.4 Å². The summed E-state index contributed by atoms with van der Waals surface area (Å²) in [5.74, 6) is -1.10. The topological polar surface area (TPSA) is 63.2 Å². The number of unbranched alkanes of at least 4 members (excludes halogenated alkanes) is 15. The molecule has 0 spiro atoms. The molecule has 0 aliphatic carbocycles. The highest BCUT2D eigenvalue weighted by atomic mass is 32.2. The van der Waals surface area contributed by atoms with Crippen LogP contribution in [0.5, 0.6) is 0 Å². The van der Waals surface area contributed by atoms with Crippen LogP contribution in [0.1, 0.15) is 109 Å². The first-order valence-corrected chi connectivity index (χ1v) is 12.4. The summed E-state index contributed by atoms with van der Waals surface area (Å²) in [6, 6.07) is 0. The van der Waals surface area contributed by atoms with Crippen molar-refractivity contribution < 1.29 is 26.4 Å². The summed E-state index contributed by atoms with van der Waals surface area (Å²) in [6.45, 7) is 3.73. The number of carbonyl (C=O) groups excluding carboxylic acids is 1. The van der Waals surface area contributed by atoms with Crippen LogP contribution in [0.3, 0.4) is 0 Å². The second-order valence-corrected chi connectivity index (χ2v) is 9.28. The molecule has 0 atom stereocenters. The van der Waals surface area contributed by atoms with Crippen LogP contribution in [0.4, 0.5) is 13.2 Å². The molecule has 172 valence electrons. The number of nitrogens with one attached hydrogen (secondary N) is 1. The van der Waals surface area contributed by atoms with Crippen LogP contribution < -0.4 is 4.72 Å². The van der Waals surface area contributed by atoms with E-state index < -0.39 is 21.4 Å². The van der Waals surface area contributed by atoms with Gasteiger partial charge in [0.05, 0.1) is 0 Å². The van der Waals surface area contributed by atoms with E-state index in [-0.39, 0.29) is 6.42 Å². The lowest BCUT2D eigenvalue weighted by atomic mass is 10.0. The number of rotatable bonds is 19. The van der Waals surface area contributed by atoms with Gasteiger partial charge < -0.3 is 0 Å². The first-order chi connectivity index (χ1) is 13.7. The SMILES string of the molecule is C=CCCCCCCCCCCCCCCCCCC(=O)NS(=O)(=O)C(F)(F)F. The van der Waals surface area contributed by atoms with Crippen molar-refractivity contribution in [1.29, 1.82) is 0 Å². The van der Waals surface area contributed by atoms with Crippen LogP contribution >= 0.6 is 0 Å². The first-order valence-electron chi connectivity index (χ1n) is 10.9. The lowest BCUT2D eigenvalue weighted by Gasteiger charge is -2.09. The average molecular weight is 442 g/mol. The van der Waals surface area contributed by atoms with Crippen LogP contribution in [0, 0.1) is 0 Å². The third-order valence-electron chi connectivity index (χ3n) is 4.86. The molecule has 1 amide bonds. The van der Waals surface area contributed by atoms with Crippen LogP contribution in [0.15, 0.2) is 12.7 Å². The monoisotopic (exact) mass is 441 g/mol. The summed E-state index contributed by atoms with van der Waals surface area (Å²) in [5, 5.41) is 0. The van der Waals surface area contributed by atoms with E-state index in [0.29, 0.717) is 12.8 Å². The van der Waals surface area contributed by atoms with Crippen molar-refractivity contribution in [1.82, 2.24) is 4.72 Å². The van der Waals surface area contributed by atoms with Crippen LogP contribution in [0.25, 0.3) is 0 Å². The van der Waals surface area contributed by atoms with E-state index in [1.54, 1.807) is 0 Å². The molecule has 0 aromatic carbocycles. The first kappa shape index (κ1) is 27.9. The quantitative estimate of drug-likeness (QED) is 0.178. The third-order valence-corrected chi connectivity index (χ3v) is 5.97. The lowest BCUT2D eigenvalue weighted by Crippen LogP contribution is -2.40. The van der Waals surface area contributed by atoms with Crippen molar-refractivity contribution in [3.63, 3.8) is 0 Å². The van der Waals surface area contributed by atoms with Gasteiger partial charge in [-0.1, -0.05) is 89.5 Å². The molecule has 0 unspecified atom stereocenters. The van der Waals surface area contributed by atoms with E-state index in [2.05, 4.69) is 6.58 Å². The van der Waals surface area contributed by atoms with Gasteiger partial charge in [-0.3, -0.25) is 4.79 Å². The number of hydrogen-bond acceptors (Lipinski definition) is 3. The van der Waals surface area contributed by atoms with Crippen molar-refractivity contribution in [2.75, 3.05) is 0 Å². The zero-order chi connectivity index (χ0) is 22.0. The van der Waals surface area contributed by atoms with Crippen molar-refractivity contribution in [3.8, 4) is 0 Å². The molecular weight excluding hydrogens is 403 g/mol. The van der Waals surface area contributed by atoms with Crippen molar-refractivity contribution in [2.24, 2.45) is 0 Å². The zero-order valence-corrected chi connectivity index (χ0v) is 18.4. The molecule has 0 aliphatic rings. The van der Waals surface area contributed by atoms with Crippen LogP contribution in [0.2, 0.25) is 0 Å². The molecule has 8 heteroatoms. The highest BCUT2D eigenvalue weighted by molar-refractivity contribution is 7.90. The van der Waals surface area contributed by atoms with E-state index in [0.717, 1.165) is 30.4 Å². The van der Waals surface area contributed by atoms with Gasteiger partial charge in [0.1, 0.15) is 0 Å². The minimum Gasteiger partial charge on any atom is -0.274 e. The van der Waals surface area contributed by atoms with Gasteiger partial charge in [0, 0.05) is 6.42 Å². The Morgan fingerprint density at radius 2 is 1.07 bits per heavy atom. The number of carbonyl (C=O) groups is 1. The molecule has 0 saturated carbocycles. The van der Waals surface area contributed by atoms with Gasteiger partial charge in [0.15, 0.2) is 0 Å². The van der Waals surface area contributed by atoms with Crippen molar-refractivity contribution >= 4 is 15.9 Å². The van der Waals surface area contributed by atoms with Crippen molar-refractivity contribution in [2.45, 2.75) is 115 Å². The maximum absolute atomic E-state index is 12.1. The molecular formula is C21H38F3NO3S. The van der Waals surface area contributed by atoms with Gasteiger partial charge in [-0.25, -0.2) is 4.72 Å². The molecule has 0 aromatic heterocycles. The molecule has 0 heterocycles. The van der Waals surface area contributed by atoms with Gasteiger partial charge in [-0.2, -0.15) is 21.6 Å². The largest absolute Gasteiger partial charge is 0.516 e. The predicted octanol–water partition coefficient (Wildman–Crippen LogP) is 6.77. The number of alkyl halides is 3. The highest BCUT2D eigenvalue weighted by Gasteiger charge is 2.46. The Morgan fingerprint density at radius 1 is 0.724 bits per heavy atom. The number of amides is 1. The van der Waals surface area contributed by atoms with E-state index >= 15 is 0 Å². The van der Waals surface area contributed by atoms with Gasteiger partial charge in [-0.15, -0.1) is 6.58 Å². The number of sulfonamides is 1. The fraction of sp³-hybridized carbons (Fsp3) is 0.857. The van der Waals surface area contributed by atoms with Crippen molar-refractivity contribution in [3.05, 3.63) is 12.7 Å². The molecule has 29 heavy (non-hydrogen) atoms. The van der Waals surface area contributed by atoms with Gasteiger partial charge >= 0.3 is 15.5 Å². The lowest BCUT2D eigenvalue weighted by molar-refractivity contribution is -0.120. The summed E-state index contributed by atoms with van der Waals surface area (Å²) < 4.78 is 59.0. The van der Waals surface area contributed by atoms with Gasteiger partial charge in [-0.05, 0) is 19.3 Å². The fourth-order valence-corrected chi connectivity index (χ4v) is 3.65. The molecule has 0 rings (SSSR count). The maximum Gasteiger partial charge on any atom is 0.516 e. The van der Waals surface area contributed by atoms with Gasteiger partial charge in [0.2, 0.25) is 5.91 Å². The van der Waals surface area contributed by atoms with Crippen LogP contribution in [-0.2, 0) is 14.8 Å². The Morgan fingerprint density at radius 3 is 1.41 bits per heavy atom.